The molecule has 154 valence electrons. The van der Waals surface area contributed by atoms with Crippen LogP contribution in [0, 0.1) is 0 Å². The molecule has 0 spiro atoms. The van der Waals surface area contributed by atoms with E-state index < -0.39 is 10.8 Å². The Labute approximate surface area is 172 Å². The minimum atomic E-state index is -0.863. The van der Waals surface area contributed by atoms with Gasteiger partial charge in [0, 0.05) is 10.8 Å². The van der Waals surface area contributed by atoms with E-state index in [-0.39, 0.29) is 34.5 Å². The standard InChI is InChI=1S/C24H22O6/c1-3-23-11-5-17(25)20(28)8-14(11)24(4-2,15-9-21(29)18(26)6-12(15)23)16-10-22(30)19(27)7-13(16)23/h5-10,25-30H,3-4H2,1-2H3. The Hall–Kier alpha value is -3.54. The van der Waals surface area contributed by atoms with Gasteiger partial charge in [0.25, 0.3) is 0 Å². The van der Waals surface area contributed by atoms with E-state index in [4.69, 9.17) is 0 Å². The molecule has 3 aliphatic rings. The van der Waals surface area contributed by atoms with Gasteiger partial charge in [0.05, 0.1) is 0 Å². The third-order valence-electron chi connectivity index (χ3n) is 7.16. The largest absolute Gasteiger partial charge is 0.504 e. The van der Waals surface area contributed by atoms with Gasteiger partial charge in [0.15, 0.2) is 34.5 Å². The SMILES string of the molecule is CCC12c3cc(O)c(O)cc3C(CC)(c3cc(O)c(O)cc31)c1cc(O)c(O)cc12. The van der Waals surface area contributed by atoms with E-state index >= 15 is 0 Å². The summed E-state index contributed by atoms with van der Waals surface area (Å²) < 4.78 is 0. The summed E-state index contributed by atoms with van der Waals surface area (Å²) in [5.41, 5.74) is 2.84. The third kappa shape index (κ3) is 1.80. The van der Waals surface area contributed by atoms with E-state index in [2.05, 4.69) is 0 Å². The Balaban J connectivity index is 2.07. The van der Waals surface area contributed by atoms with E-state index in [0.29, 0.717) is 12.8 Å². The smallest absolute Gasteiger partial charge is 0.157 e. The maximum absolute atomic E-state index is 10.3. The Morgan fingerprint density at radius 1 is 0.433 bits per heavy atom. The minimum Gasteiger partial charge on any atom is -0.504 e. The lowest BCUT2D eigenvalue weighted by Gasteiger charge is -2.56. The number of hydrogen-bond donors (Lipinski definition) is 6. The first kappa shape index (κ1) is 18.5. The van der Waals surface area contributed by atoms with Gasteiger partial charge in [-0.05, 0) is 82.6 Å². The summed E-state index contributed by atoms with van der Waals surface area (Å²) in [4.78, 5) is 0. The maximum atomic E-state index is 10.3. The highest BCUT2D eigenvalue weighted by molar-refractivity contribution is 5.79. The quantitative estimate of drug-likeness (QED) is 0.357. The van der Waals surface area contributed by atoms with Gasteiger partial charge in [-0.3, -0.25) is 0 Å². The molecule has 6 N–H and O–H groups in total. The van der Waals surface area contributed by atoms with Crippen molar-refractivity contribution in [2.24, 2.45) is 0 Å². The second kappa shape index (κ2) is 5.53. The normalized spacial score (nSPS) is 23.0. The van der Waals surface area contributed by atoms with Crippen molar-refractivity contribution in [3.05, 3.63) is 69.8 Å². The lowest BCUT2D eigenvalue weighted by molar-refractivity contribution is 0.373. The fourth-order valence-electron chi connectivity index (χ4n) is 5.86. The van der Waals surface area contributed by atoms with Crippen LogP contribution in [-0.2, 0) is 10.8 Å². The van der Waals surface area contributed by atoms with Gasteiger partial charge < -0.3 is 30.6 Å². The molecule has 0 heterocycles. The van der Waals surface area contributed by atoms with Crippen molar-refractivity contribution < 1.29 is 30.6 Å². The zero-order valence-corrected chi connectivity index (χ0v) is 16.6. The molecular weight excluding hydrogens is 384 g/mol. The average molecular weight is 406 g/mol. The summed E-state index contributed by atoms with van der Waals surface area (Å²) in [6.45, 7) is 3.92. The minimum absolute atomic E-state index is 0.255. The highest BCUT2D eigenvalue weighted by Gasteiger charge is 2.58. The monoisotopic (exact) mass is 406 g/mol. The van der Waals surface area contributed by atoms with Crippen LogP contribution in [0.25, 0.3) is 0 Å². The number of aromatic hydroxyl groups is 6. The molecule has 0 saturated carbocycles. The Morgan fingerprint density at radius 2 is 0.600 bits per heavy atom. The highest BCUT2D eigenvalue weighted by atomic mass is 16.3. The molecular formula is C24H22O6. The van der Waals surface area contributed by atoms with E-state index in [1.807, 2.05) is 13.8 Å². The predicted molar refractivity (Wildman–Crippen MR) is 110 cm³/mol. The Bertz CT molecular complexity index is 1000. The summed E-state index contributed by atoms with van der Waals surface area (Å²) in [5.74, 6) is -1.53. The number of rotatable bonds is 2. The van der Waals surface area contributed by atoms with Crippen LogP contribution >= 0.6 is 0 Å². The summed E-state index contributed by atoms with van der Waals surface area (Å²) >= 11 is 0. The van der Waals surface area contributed by atoms with E-state index in [0.717, 1.165) is 33.4 Å². The second-order valence-electron chi connectivity index (χ2n) is 8.18. The first-order chi connectivity index (χ1) is 14.2. The van der Waals surface area contributed by atoms with E-state index in [9.17, 15) is 30.6 Å². The average Bonchev–Trinajstić information content (AvgIpc) is 2.71. The third-order valence-corrected chi connectivity index (χ3v) is 7.16. The van der Waals surface area contributed by atoms with Crippen molar-refractivity contribution in [3.63, 3.8) is 0 Å². The van der Waals surface area contributed by atoms with E-state index in [1.54, 1.807) is 0 Å². The van der Waals surface area contributed by atoms with Crippen LogP contribution in [0.15, 0.2) is 36.4 Å². The zero-order chi connectivity index (χ0) is 21.6. The molecule has 3 aromatic carbocycles. The molecule has 0 atom stereocenters. The summed E-state index contributed by atoms with van der Waals surface area (Å²) in [7, 11) is 0. The lowest BCUT2D eigenvalue weighted by Crippen LogP contribution is -2.50. The summed E-state index contributed by atoms with van der Waals surface area (Å²) in [6, 6.07) is 9.24. The second-order valence-corrected chi connectivity index (χ2v) is 8.18. The maximum Gasteiger partial charge on any atom is 0.157 e. The molecule has 6 nitrogen and oxygen atoms in total. The van der Waals surface area contributed by atoms with Gasteiger partial charge in [0.1, 0.15) is 0 Å². The van der Waals surface area contributed by atoms with Crippen LogP contribution in [0.4, 0.5) is 0 Å². The lowest BCUT2D eigenvalue weighted by atomic mass is 9.45. The van der Waals surface area contributed by atoms with Crippen LogP contribution in [-0.4, -0.2) is 30.6 Å². The molecule has 0 aromatic heterocycles. The van der Waals surface area contributed by atoms with Gasteiger partial charge in [-0.15, -0.1) is 0 Å². The molecule has 30 heavy (non-hydrogen) atoms. The number of hydrogen-bond acceptors (Lipinski definition) is 6. The summed E-state index contributed by atoms with van der Waals surface area (Å²) in [6.07, 6.45) is 1.02. The summed E-state index contributed by atoms with van der Waals surface area (Å²) in [5, 5.41) is 62.0. The Morgan fingerprint density at radius 3 is 0.733 bits per heavy atom. The topological polar surface area (TPSA) is 121 Å². The van der Waals surface area contributed by atoms with Crippen molar-refractivity contribution in [1.29, 1.82) is 0 Å². The van der Waals surface area contributed by atoms with Crippen molar-refractivity contribution in [2.45, 2.75) is 37.5 Å². The molecule has 3 aromatic rings. The van der Waals surface area contributed by atoms with Crippen LogP contribution in [0.3, 0.4) is 0 Å². The van der Waals surface area contributed by atoms with Crippen LogP contribution in [0.2, 0.25) is 0 Å². The predicted octanol–water partition coefficient (Wildman–Crippen LogP) is 4.04. The number of phenolic OH excluding ortho intramolecular Hbond substituents is 6. The first-order valence-corrected chi connectivity index (χ1v) is 9.93. The fraction of sp³-hybridized carbons (Fsp3) is 0.250. The first-order valence-electron chi connectivity index (χ1n) is 9.93. The van der Waals surface area contributed by atoms with E-state index in [1.165, 1.54) is 36.4 Å². The molecule has 3 aliphatic carbocycles. The molecule has 0 amide bonds. The van der Waals surface area contributed by atoms with Gasteiger partial charge in [0.2, 0.25) is 0 Å². The molecule has 0 radical (unpaired) electrons. The number of phenols is 6. The van der Waals surface area contributed by atoms with Crippen LogP contribution in [0.5, 0.6) is 34.5 Å². The molecule has 0 aliphatic heterocycles. The van der Waals surface area contributed by atoms with Crippen molar-refractivity contribution in [3.8, 4) is 34.5 Å². The van der Waals surface area contributed by atoms with Gasteiger partial charge in [-0.25, -0.2) is 0 Å². The molecule has 0 fully saturated rings. The van der Waals surface area contributed by atoms with Gasteiger partial charge in [-0.2, -0.15) is 0 Å². The molecule has 0 saturated heterocycles. The molecule has 0 unspecified atom stereocenters. The fourth-order valence-corrected chi connectivity index (χ4v) is 5.86. The van der Waals surface area contributed by atoms with Crippen molar-refractivity contribution in [2.75, 3.05) is 0 Å². The van der Waals surface area contributed by atoms with Crippen LogP contribution in [0.1, 0.15) is 60.1 Å². The highest BCUT2D eigenvalue weighted by Crippen LogP contribution is 2.67. The Kier molecular flexibility index (Phi) is 3.41. The van der Waals surface area contributed by atoms with Crippen molar-refractivity contribution in [1.82, 2.24) is 0 Å². The van der Waals surface area contributed by atoms with Gasteiger partial charge in [-0.1, -0.05) is 13.8 Å². The van der Waals surface area contributed by atoms with Crippen LogP contribution < -0.4 is 0 Å². The molecule has 6 heteroatoms. The number of benzene rings is 3. The zero-order valence-electron chi connectivity index (χ0n) is 16.6. The molecule has 2 bridgehead atoms. The molecule has 6 rings (SSSR count). The van der Waals surface area contributed by atoms with Crippen molar-refractivity contribution >= 4 is 0 Å². The van der Waals surface area contributed by atoms with Gasteiger partial charge >= 0.3 is 0 Å².